The van der Waals surface area contributed by atoms with Crippen LogP contribution in [0.5, 0.6) is 0 Å². The number of rotatable bonds is 3. The number of hydrogen-bond acceptors (Lipinski definition) is 5. The van der Waals surface area contributed by atoms with Crippen LogP contribution in [0.1, 0.15) is 48.0 Å². The van der Waals surface area contributed by atoms with Crippen molar-refractivity contribution >= 4 is 17.9 Å². The number of carbonyl (C=O) groups is 2. The van der Waals surface area contributed by atoms with Gasteiger partial charge in [-0.15, -0.1) is 6.42 Å². The Bertz CT molecular complexity index is 571. The van der Waals surface area contributed by atoms with Crippen LogP contribution in [0, 0.1) is 12.3 Å². The maximum atomic E-state index is 12.2. The average Bonchev–Trinajstić information content (AvgIpc) is 2.43. The standard InChI is InChI=1S/C19H31N3O4/c1-8-9-21-10-12-22(13-11-21)15(14-16(23)25-18(2,3)4)20-17(24)26-19(5,6)7/h1H,9-14H2,2-7H3. The molecule has 0 atom stereocenters. The molecule has 0 N–H and O–H groups in total. The molecule has 1 fully saturated rings. The molecule has 7 nitrogen and oxygen atoms in total. The molecule has 1 amide bonds. The SMILES string of the molecule is C#CCN1CCN(C(CC(=O)OC(C)(C)C)=NC(=O)OC(C)(C)C)CC1. The maximum Gasteiger partial charge on any atom is 0.435 e. The molecule has 1 heterocycles. The number of aliphatic imine (C=N–C) groups is 1. The van der Waals surface area contributed by atoms with Crippen LogP contribution < -0.4 is 0 Å². The molecule has 26 heavy (non-hydrogen) atoms. The maximum absolute atomic E-state index is 12.2. The minimum Gasteiger partial charge on any atom is -0.460 e. The Hall–Kier alpha value is -2.07. The van der Waals surface area contributed by atoms with Crippen LogP contribution in [-0.4, -0.2) is 71.6 Å². The molecule has 0 aromatic rings. The van der Waals surface area contributed by atoms with Crippen molar-refractivity contribution in [1.82, 2.24) is 9.80 Å². The Balaban J connectivity index is 2.87. The van der Waals surface area contributed by atoms with Crippen molar-refractivity contribution in [3.63, 3.8) is 0 Å². The summed E-state index contributed by atoms with van der Waals surface area (Å²) in [6.07, 6.45) is 4.57. The number of amides is 1. The number of hydrogen-bond donors (Lipinski definition) is 0. The second kappa shape index (κ2) is 9.04. The first-order valence-electron chi connectivity index (χ1n) is 8.83. The molecule has 0 bridgehead atoms. The van der Waals surface area contributed by atoms with Crippen LogP contribution in [-0.2, 0) is 14.3 Å². The van der Waals surface area contributed by atoms with Gasteiger partial charge in [0.1, 0.15) is 23.5 Å². The molecule has 0 saturated carbocycles. The van der Waals surface area contributed by atoms with Crippen LogP contribution in [0.3, 0.4) is 0 Å². The van der Waals surface area contributed by atoms with Crippen LogP contribution in [0.25, 0.3) is 0 Å². The molecule has 1 saturated heterocycles. The van der Waals surface area contributed by atoms with Gasteiger partial charge in [-0.3, -0.25) is 9.69 Å². The Labute approximate surface area is 156 Å². The Kier molecular flexibility index (Phi) is 7.64. The highest BCUT2D eigenvalue weighted by atomic mass is 16.6. The monoisotopic (exact) mass is 365 g/mol. The summed E-state index contributed by atoms with van der Waals surface area (Å²) in [5.41, 5.74) is -1.25. The summed E-state index contributed by atoms with van der Waals surface area (Å²) < 4.78 is 10.6. The van der Waals surface area contributed by atoms with Gasteiger partial charge in [0.05, 0.1) is 6.54 Å². The van der Waals surface area contributed by atoms with E-state index >= 15 is 0 Å². The number of nitrogens with zero attached hydrogens (tertiary/aromatic N) is 3. The number of amidine groups is 1. The Morgan fingerprint density at radius 1 is 1.00 bits per heavy atom. The molecule has 0 aromatic heterocycles. The normalized spacial score (nSPS) is 16.8. The van der Waals surface area contributed by atoms with E-state index in [9.17, 15) is 9.59 Å². The number of carbonyl (C=O) groups excluding carboxylic acids is 2. The van der Waals surface area contributed by atoms with Gasteiger partial charge in [0.15, 0.2) is 0 Å². The van der Waals surface area contributed by atoms with E-state index in [2.05, 4.69) is 15.8 Å². The average molecular weight is 365 g/mol. The molecule has 0 radical (unpaired) electrons. The van der Waals surface area contributed by atoms with E-state index in [1.807, 2.05) is 4.90 Å². The third-order valence-corrected chi connectivity index (χ3v) is 3.39. The molecule has 1 rings (SSSR count). The van der Waals surface area contributed by atoms with Crippen LogP contribution in [0.4, 0.5) is 4.79 Å². The summed E-state index contributed by atoms with van der Waals surface area (Å²) in [6.45, 7) is 14.0. The smallest absolute Gasteiger partial charge is 0.435 e. The molecule has 1 aliphatic heterocycles. The van der Waals surface area contributed by atoms with Gasteiger partial charge in [0.2, 0.25) is 0 Å². The van der Waals surface area contributed by atoms with Crippen molar-refractivity contribution in [3.05, 3.63) is 0 Å². The fourth-order valence-electron chi connectivity index (χ4n) is 2.41. The van der Waals surface area contributed by atoms with E-state index in [-0.39, 0.29) is 6.42 Å². The van der Waals surface area contributed by atoms with Crippen LogP contribution in [0.2, 0.25) is 0 Å². The summed E-state index contributed by atoms with van der Waals surface area (Å²) in [5.74, 6) is 2.57. The van der Waals surface area contributed by atoms with Crippen molar-refractivity contribution in [1.29, 1.82) is 0 Å². The van der Waals surface area contributed by atoms with E-state index in [0.29, 0.717) is 25.5 Å². The molecule has 0 spiro atoms. The highest BCUT2D eigenvalue weighted by Crippen LogP contribution is 2.13. The summed E-state index contributed by atoms with van der Waals surface area (Å²) >= 11 is 0. The first-order valence-corrected chi connectivity index (χ1v) is 8.83. The molecule has 0 unspecified atom stereocenters. The van der Waals surface area contributed by atoms with Gasteiger partial charge in [-0.25, -0.2) is 4.79 Å². The third kappa shape index (κ3) is 8.86. The molecule has 0 aromatic carbocycles. The Morgan fingerprint density at radius 2 is 1.54 bits per heavy atom. The molecule has 146 valence electrons. The lowest BCUT2D eigenvalue weighted by atomic mass is 10.2. The minimum absolute atomic E-state index is 0.0777. The molecular formula is C19H31N3O4. The van der Waals surface area contributed by atoms with Crippen molar-refractivity contribution in [2.24, 2.45) is 4.99 Å². The lowest BCUT2D eigenvalue weighted by Gasteiger charge is -2.35. The van der Waals surface area contributed by atoms with Crippen molar-refractivity contribution in [2.45, 2.75) is 59.2 Å². The number of esters is 1. The second-order valence-corrected chi connectivity index (χ2v) is 8.24. The Morgan fingerprint density at radius 3 is 2.00 bits per heavy atom. The summed E-state index contributed by atoms with van der Waals surface area (Å²) in [4.78, 5) is 32.4. The second-order valence-electron chi connectivity index (χ2n) is 8.24. The highest BCUT2D eigenvalue weighted by Gasteiger charge is 2.26. The lowest BCUT2D eigenvalue weighted by molar-refractivity contribution is -0.153. The largest absolute Gasteiger partial charge is 0.460 e. The predicted molar refractivity (Wildman–Crippen MR) is 101 cm³/mol. The molecule has 0 aliphatic carbocycles. The summed E-state index contributed by atoms with van der Waals surface area (Å²) in [6, 6.07) is 0. The van der Waals surface area contributed by atoms with Crippen molar-refractivity contribution in [2.75, 3.05) is 32.7 Å². The van der Waals surface area contributed by atoms with Gasteiger partial charge in [-0.05, 0) is 41.5 Å². The van der Waals surface area contributed by atoms with Gasteiger partial charge >= 0.3 is 12.1 Å². The number of piperazine rings is 1. The van der Waals surface area contributed by atoms with E-state index in [4.69, 9.17) is 15.9 Å². The summed E-state index contributed by atoms with van der Waals surface area (Å²) in [5, 5.41) is 0. The molecule has 7 heteroatoms. The molecule has 1 aliphatic rings. The summed E-state index contributed by atoms with van der Waals surface area (Å²) in [7, 11) is 0. The highest BCUT2D eigenvalue weighted by molar-refractivity contribution is 6.02. The minimum atomic E-state index is -0.706. The van der Waals surface area contributed by atoms with Gasteiger partial charge < -0.3 is 14.4 Å². The quantitative estimate of drug-likeness (QED) is 0.331. The van der Waals surface area contributed by atoms with Crippen molar-refractivity contribution < 1.29 is 19.1 Å². The van der Waals surface area contributed by atoms with Crippen LogP contribution in [0.15, 0.2) is 4.99 Å². The van der Waals surface area contributed by atoms with E-state index < -0.39 is 23.3 Å². The van der Waals surface area contributed by atoms with Gasteiger partial charge in [-0.2, -0.15) is 4.99 Å². The zero-order valence-corrected chi connectivity index (χ0v) is 16.8. The fourth-order valence-corrected chi connectivity index (χ4v) is 2.41. The number of terminal acetylenes is 1. The van der Waals surface area contributed by atoms with Gasteiger partial charge in [0.25, 0.3) is 0 Å². The van der Waals surface area contributed by atoms with Gasteiger partial charge in [0, 0.05) is 26.2 Å². The first-order chi connectivity index (χ1) is 11.9. The van der Waals surface area contributed by atoms with E-state index in [1.165, 1.54) is 0 Å². The van der Waals surface area contributed by atoms with Crippen molar-refractivity contribution in [3.8, 4) is 12.3 Å². The topological polar surface area (TPSA) is 71.4 Å². The van der Waals surface area contributed by atoms with E-state index in [0.717, 1.165) is 13.1 Å². The zero-order valence-electron chi connectivity index (χ0n) is 16.8. The number of ether oxygens (including phenoxy) is 2. The first kappa shape index (κ1) is 22.0. The van der Waals surface area contributed by atoms with Gasteiger partial charge in [-0.1, -0.05) is 5.92 Å². The lowest BCUT2D eigenvalue weighted by Crippen LogP contribution is -2.49. The van der Waals surface area contributed by atoms with Crippen LogP contribution >= 0.6 is 0 Å². The third-order valence-electron chi connectivity index (χ3n) is 3.39. The predicted octanol–water partition coefficient (Wildman–Crippen LogP) is 2.30. The van der Waals surface area contributed by atoms with E-state index in [1.54, 1.807) is 41.5 Å². The molecular weight excluding hydrogens is 334 g/mol. The fraction of sp³-hybridized carbons (Fsp3) is 0.737. The zero-order chi connectivity index (χ0) is 20.0.